The molecule has 1 aromatic carbocycles. The Hall–Kier alpha value is -0.740. The lowest BCUT2D eigenvalue weighted by atomic mass is 9.88. The average molecular weight is 335 g/mol. The van der Waals surface area contributed by atoms with E-state index in [0.29, 0.717) is 9.58 Å². The molecule has 116 valence electrons. The fourth-order valence-corrected chi connectivity index (χ4v) is 5.46. The van der Waals surface area contributed by atoms with E-state index in [4.69, 9.17) is 0 Å². The lowest BCUT2D eigenvalue weighted by molar-refractivity contribution is -0.0868. The van der Waals surface area contributed by atoms with Crippen LogP contribution in [0.15, 0.2) is 24.3 Å². The predicted octanol–water partition coefficient (Wildman–Crippen LogP) is 3.43. The molecule has 0 radical (unpaired) electrons. The Morgan fingerprint density at radius 3 is 2.33 bits per heavy atom. The first-order chi connectivity index (χ1) is 9.47. The molecule has 0 aliphatic heterocycles. The summed E-state index contributed by atoms with van der Waals surface area (Å²) in [6.45, 7) is 1.86. The largest absolute Gasteiger partial charge is 1.00 e. The van der Waals surface area contributed by atoms with Crippen molar-refractivity contribution in [2.24, 2.45) is 0 Å². The van der Waals surface area contributed by atoms with Gasteiger partial charge in [-0.05, 0) is 31.4 Å². The zero-order valence-electron chi connectivity index (χ0n) is 11.8. The van der Waals surface area contributed by atoms with Crippen LogP contribution in [0.1, 0.15) is 48.5 Å². The summed E-state index contributed by atoms with van der Waals surface area (Å²) in [5.74, 6) is 0.126. The van der Waals surface area contributed by atoms with Gasteiger partial charge in [0.15, 0.2) is 9.58 Å². The number of rotatable bonds is 1. The van der Waals surface area contributed by atoms with Gasteiger partial charge in [0.25, 0.3) is 0 Å². The normalized spacial score (nSPS) is 17.8. The van der Waals surface area contributed by atoms with Crippen LogP contribution in [0, 0.1) is 6.92 Å². The minimum atomic E-state index is -4.15. The van der Waals surface area contributed by atoms with Crippen LogP contribution >= 0.6 is 10.5 Å². The molecule has 2 aromatic rings. The highest BCUT2D eigenvalue weighted by atomic mass is 35.5. The molecule has 1 aliphatic rings. The quantitative estimate of drug-likeness (QED) is 0.701. The fraction of sp³-hybridized carbons (Fsp3) is 0.500. The maximum Gasteiger partial charge on any atom is 0.600 e. The van der Waals surface area contributed by atoms with E-state index in [1.54, 1.807) is 6.07 Å². The van der Waals surface area contributed by atoms with Gasteiger partial charge in [0.2, 0.25) is 0 Å². The van der Waals surface area contributed by atoms with Crippen LogP contribution in [-0.4, -0.2) is 0 Å². The Balaban J connectivity index is 0.00000161. The van der Waals surface area contributed by atoms with Gasteiger partial charge in [-0.1, -0.05) is 25.3 Å². The molecular weight excluding hydrogens is 317 g/mol. The van der Waals surface area contributed by atoms with Gasteiger partial charge >= 0.3 is 5.51 Å². The third-order valence-corrected chi connectivity index (χ3v) is 6.34. The van der Waals surface area contributed by atoms with Gasteiger partial charge in [-0.25, -0.2) is 0 Å². The van der Waals surface area contributed by atoms with E-state index < -0.39 is 16.0 Å². The predicted molar refractivity (Wildman–Crippen MR) is 78.3 cm³/mol. The number of benzene rings is 1. The Morgan fingerprint density at radius 2 is 1.71 bits per heavy atom. The van der Waals surface area contributed by atoms with E-state index in [-0.39, 0.29) is 18.3 Å². The molecule has 21 heavy (non-hydrogen) atoms. The third kappa shape index (κ3) is 3.21. The summed E-state index contributed by atoms with van der Waals surface area (Å²) in [6.07, 6.45) is 5.12. The minimum absolute atomic E-state index is 0. The van der Waals surface area contributed by atoms with Gasteiger partial charge in [-0.2, -0.15) is 0 Å². The van der Waals surface area contributed by atoms with E-state index in [9.17, 15) is 13.2 Å². The van der Waals surface area contributed by atoms with Gasteiger partial charge in [-0.3, -0.25) is 0 Å². The molecule has 0 amide bonds. The molecule has 1 heterocycles. The van der Waals surface area contributed by atoms with Crippen LogP contribution in [0.5, 0.6) is 0 Å². The molecule has 0 bridgehead atoms. The maximum atomic E-state index is 13.5. The monoisotopic (exact) mass is 334 g/mol. The second kappa shape index (κ2) is 6.17. The molecule has 1 saturated carbocycles. The minimum Gasteiger partial charge on any atom is -1.00 e. The smallest absolute Gasteiger partial charge is 0.600 e. The molecule has 1 aromatic heterocycles. The number of halogens is 4. The Labute approximate surface area is 131 Å². The molecule has 0 nitrogen and oxygen atoms in total. The summed E-state index contributed by atoms with van der Waals surface area (Å²) >= 11 is 0. The molecular formula is C16H18ClF3S. The van der Waals surface area contributed by atoms with E-state index in [1.165, 1.54) is 0 Å². The second-order valence-corrected chi connectivity index (χ2v) is 7.66. The van der Waals surface area contributed by atoms with E-state index in [2.05, 4.69) is 0 Å². The summed E-state index contributed by atoms with van der Waals surface area (Å²) in [7, 11) is -1.70. The van der Waals surface area contributed by atoms with Crippen LogP contribution in [-0.2, 0) is 5.51 Å². The topological polar surface area (TPSA) is 0 Å². The van der Waals surface area contributed by atoms with Crippen LogP contribution < -0.4 is 12.4 Å². The molecule has 1 fully saturated rings. The molecule has 3 rings (SSSR count). The van der Waals surface area contributed by atoms with Crippen molar-refractivity contribution in [1.82, 2.24) is 0 Å². The first kappa shape index (κ1) is 16.6. The van der Waals surface area contributed by atoms with E-state index in [0.717, 1.165) is 43.1 Å². The molecule has 1 atom stereocenters. The van der Waals surface area contributed by atoms with Crippen molar-refractivity contribution < 1.29 is 25.6 Å². The number of alkyl halides is 3. The number of thiophene rings is 1. The zero-order valence-corrected chi connectivity index (χ0v) is 13.4. The number of aryl methyl sites for hydroxylation is 1. The van der Waals surface area contributed by atoms with Crippen LogP contribution in [0.2, 0.25) is 0 Å². The second-order valence-electron chi connectivity index (χ2n) is 5.67. The Kier molecular flexibility index (Phi) is 4.89. The van der Waals surface area contributed by atoms with E-state index in [1.807, 2.05) is 25.1 Å². The van der Waals surface area contributed by atoms with Crippen molar-refractivity contribution in [2.45, 2.75) is 50.5 Å². The van der Waals surface area contributed by atoms with Gasteiger partial charge in [0.1, 0.15) is 0 Å². The van der Waals surface area contributed by atoms with Crippen molar-refractivity contribution in [1.29, 1.82) is 0 Å². The highest BCUT2D eigenvalue weighted by Gasteiger charge is 2.49. The summed E-state index contributed by atoms with van der Waals surface area (Å²) in [4.78, 5) is 0.637. The molecule has 0 spiro atoms. The lowest BCUT2D eigenvalue weighted by Crippen LogP contribution is -3.00. The first-order valence-corrected chi connectivity index (χ1v) is 8.32. The maximum absolute atomic E-state index is 13.5. The van der Waals surface area contributed by atoms with Crippen molar-refractivity contribution in [3.8, 4) is 0 Å². The first-order valence-electron chi connectivity index (χ1n) is 7.10. The number of hydrogen-bond donors (Lipinski definition) is 0. The van der Waals surface area contributed by atoms with Crippen molar-refractivity contribution in [2.75, 3.05) is 0 Å². The van der Waals surface area contributed by atoms with Crippen molar-refractivity contribution in [3.05, 3.63) is 34.7 Å². The summed E-state index contributed by atoms with van der Waals surface area (Å²) < 4.78 is 41.1. The third-order valence-electron chi connectivity index (χ3n) is 4.16. The molecule has 1 aliphatic carbocycles. The standard InChI is InChI=1S/C16H18F3S.ClH/c1-11-7-8-13-10-15(12-5-3-2-4-6-12)20(14(13)9-11)16(17,18)19;/h7-10,12H,2-6H2,1H3;1H/q+1;/p-1. The van der Waals surface area contributed by atoms with Crippen LogP contribution in [0.3, 0.4) is 0 Å². The van der Waals surface area contributed by atoms with E-state index >= 15 is 0 Å². The van der Waals surface area contributed by atoms with Crippen molar-refractivity contribution >= 4 is 20.6 Å². The Bertz CT molecular complexity index is 624. The molecule has 1 unspecified atom stereocenters. The van der Waals surface area contributed by atoms with Crippen molar-refractivity contribution in [3.63, 3.8) is 0 Å². The number of hydrogen-bond acceptors (Lipinski definition) is 0. The van der Waals surface area contributed by atoms with Gasteiger partial charge in [0, 0.05) is 23.4 Å². The SMILES string of the molecule is Cc1ccc2cc(C3CCCCC3)[s+](C(F)(F)F)c2c1.[Cl-]. The summed E-state index contributed by atoms with van der Waals surface area (Å²) in [6, 6.07) is 7.28. The molecule has 0 saturated heterocycles. The number of fused-ring (bicyclic) bond motifs is 1. The van der Waals surface area contributed by atoms with Gasteiger partial charge in [0.05, 0.1) is 10.5 Å². The van der Waals surface area contributed by atoms with Crippen LogP contribution in [0.25, 0.3) is 10.1 Å². The molecule has 0 N–H and O–H groups in total. The molecule has 5 heteroatoms. The Morgan fingerprint density at radius 1 is 1.05 bits per heavy atom. The highest BCUT2D eigenvalue weighted by molar-refractivity contribution is 7.38. The summed E-state index contributed by atoms with van der Waals surface area (Å²) in [5.41, 5.74) is -3.24. The van der Waals surface area contributed by atoms with Gasteiger partial charge < -0.3 is 12.4 Å². The fourth-order valence-electron chi connectivity index (χ4n) is 3.21. The van der Waals surface area contributed by atoms with Crippen LogP contribution in [0.4, 0.5) is 13.2 Å². The highest BCUT2D eigenvalue weighted by Crippen LogP contribution is 2.55. The zero-order chi connectivity index (χ0) is 14.3. The average Bonchev–Trinajstić information content (AvgIpc) is 2.78. The van der Waals surface area contributed by atoms with Gasteiger partial charge in [-0.15, -0.1) is 13.2 Å². The summed E-state index contributed by atoms with van der Waals surface area (Å²) in [5, 5.41) is 0.775. The lowest BCUT2D eigenvalue weighted by Gasteiger charge is -2.18.